The minimum atomic E-state index is 0.672. The van der Waals surface area contributed by atoms with Crippen LogP contribution in [0.15, 0.2) is 169 Å². The molecule has 0 amide bonds. The molecule has 10 rings (SSSR count). The zero-order valence-electron chi connectivity index (χ0n) is 27.9. The van der Waals surface area contributed by atoms with Gasteiger partial charge in [-0.2, -0.15) is 0 Å². The van der Waals surface area contributed by atoms with E-state index in [-0.39, 0.29) is 0 Å². The lowest BCUT2D eigenvalue weighted by Crippen LogP contribution is -2.06. The number of para-hydroxylation sites is 1. The van der Waals surface area contributed by atoms with Crippen molar-refractivity contribution in [1.82, 2.24) is 4.57 Å². The van der Waals surface area contributed by atoms with Gasteiger partial charge in [-0.15, -0.1) is 22.7 Å². The number of hydrogen-bond acceptors (Lipinski definition) is 3. The molecule has 4 heteroatoms. The zero-order valence-corrected chi connectivity index (χ0v) is 29.5. The van der Waals surface area contributed by atoms with Gasteiger partial charge in [0.2, 0.25) is 0 Å². The summed E-state index contributed by atoms with van der Waals surface area (Å²) in [5, 5.41) is 8.74. The highest BCUT2D eigenvalue weighted by Crippen LogP contribution is 2.48. The number of benzene rings is 7. The first kappa shape index (κ1) is 29.8. The Hall–Kier alpha value is -6.03. The van der Waals surface area contributed by atoms with Crippen LogP contribution in [0, 0.1) is 6.92 Å². The van der Waals surface area contributed by atoms with E-state index in [0.29, 0.717) is 5.82 Å². The van der Waals surface area contributed by atoms with E-state index in [1.807, 2.05) is 11.3 Å². The van der Waals surface area contributed by atoms with Crippen LogP contribution in [-0.4, -0.2) is 10.3 Å². The molecule has 0 unspecified atom stereocenters. The number of rotatable bonds is 5. The van der Waals surface area contributed by atoms with Crippen LogP contribution in [0.2, 0.25) is 0 Å². The van der Waals surface area contributed by atoms with E-state index in [0.717, 1.165) is 27.2 Å². The first-order chi connectivity index (χ1) is 25.2. The number of nitrogens with zero attached hydrogens (tertiary/aromatic N) is 2. The van der Waals surface area contributed by atoms with Crippen molar-refractivity contribution in [3.05, 3.63) is 180 Å². The normalized spacial score (nSPS) is 12.1. The SMILES string of the molecule is C=C=C(/N=C(/c1ccc(-c2ccccc2)cc1)c1sc2ccccc2c1C)n1c2ccccc2c2c3sc4ccccc4c3c3ccccc3c21. The van der Waals surface area contributed by atoms with E-state index < -0.39 is 0 Å². The van der Waals surface area contributed by atoms with E-state index in [4.69, 9.17) is 4.99 Å². The molecule has 0 spiro atoms. The Morgan fingerprint density at radius 1 is 0.569 bits per heavy atom. The van der Waals surface area contributed by atoms with Gasteiger partial charge in [0.25, 0.3) is 0 Å². The lowest BCUT2D eigenvalue weighted by atomic mass is 9.99. The van der Waals surface area contributed by atoms with Crippen LogP contribution in [0.3, 0.4) is 0 Å². The molecule has 0 aliphatic heterocycles. The van der Waals surface area contributed by atoms with Crippen molar-refractivity contribution < 1.29 is 0 Å². The smallest absolute Gasteiger partial charge is 0.182 e. The summed E-state index contributed by atoms with van der Waals surface area (Å²) in [6.07, 6.45) is 0. The summed E-state index contributed by atoms with van der Waals surface area (Å²) in [7, 11) is 0. The molecule has 0 saturated carbocycles. The predicted molar refractivity (Wildman–Crippen MR) is 223 cm³/mol. The molecule has 0 saturated heterocycles. The fourth-order valence-corrected chi connectivity index (χ4v) is 10.2. The monoisotopic (exact) mass is 686 g/mol. The average molecular weight is 687 g/mol. The number of aromatic nitrogens is 1. The molecule has 3 aromatic heterocycles. The standard InChI is InChI=1S/C47H30N2S2/c1-3-41(48-44(46-29(2)33-17-10-13-23-39(33)50-46)32-27-25-31(26-28-32)30-15-5-4-6-16-30)49-38-22-12-9-20-36(38)43-45(49)35-19-8-7-18-34(35)42-37-21-11-14-24-40(37)51-47(42)43/h4-28H,1H2,2H3/b48-44-. The van der Waals surface area contributed by atoms with Crippen LogP contribution in [0.4, 0.5) is 0 Å². The van der Waals surface area contributed by atoms with Crippen molar-refractivity contribution in [3.63, 3.8) is 0 Å². The van der Waals surface area contributed by atoms with Crippen molar-refractivity contribution in [2.45, 2.75) is 6.92 Å². The maximum Gasteiger partial charge on any atom is 0.182 e. The third kappa shape index (κ3) is 4.59. The lowest BCUT2D eigenvalue weighted by Gasteiger charge is -2.13. The quantitative estimate of drug-likeness (QED) is 0.127. The number of thiophene rings is 2. The predicted octanol–water partition coefficient (Wildman–Crippen LogP) is 13.6. The van der Waals surface area contributed by atoms with Crippen LogP contribution < -0.4 is 0 Å². The number of hydrogen-bond donors (Lipinski definition) is 0. The number of aliphatic imine (C=N–C) groups is 1. The van der Waals surface area contributed by atoms with Crippen LogP contribution in [-0.2, 0) is 0 Å². The second-order valence-corrected chi connectivity index (χ2v) is 15.0. The number of fused-ring (bicyclic) bond motifs is 11. The molecule has 240 valence electrons. The third-order valence-corrected chi connectivity index (χ3v) is 12.5. The van der Waals surface area contributed by atoms with E-state index in [9.17, 15) is 0 Å². The molecule has 3 heterocycles. The van der Waals surface area contributed by atoms with Gasteiger partial charge in [-0.25, -0.2) is 4.99 Å². The van der Waals surface area contributed by atoms with Crippen molar-refractivity contribution in [2.75, 3.05) is 0 Å². The van der Waals surface area contributed by atoms with Gasteiger partial charge < -0.3 is 0 Å². The lowest BCUT2D eigenvalue weighted by molar-refractivity contribution is 1.18. The molecular formula is C47H30N2S2. The van der Waals surface area contributed by atoms with Gasteiger partial charge in [0.15, 0.2) is 5.82 Å². The summed E-state index contributed by atoms with van der Waals surface area (Å²) < 4.78 is 6.13. The molecular weight excluding hydrogens is 657 g/mol. The molecule has 7 aromatic carbocycles. The van der Waals surface area contributed by atoms with Crippen molar-refractivity contribution in [1.29, 1.82) is 0 Å². The summed E-state index contributed by atoms with van der Waals surface area (Å²) in [5.41, 5.74) is 11.1. The summed E-state index contributed by atoms with van der Waals surface area (Å²) >= 11 is 3.66. The molecule has 2 nitrogen and oxygen atoms in total. The van der Waals surface area contributed by atoms with E-state index in [2.05, 4.69) is 175 Å². The highest BCUT2D eigenvalue weighted by atomic mass is 32.1. The molecule has 0 aliphatic rings. The Bertz CT molecular complexity index is 3070. The minimum absolute atomic E-state index is 0.672. The van der Waals surface area contributed by atoms with Gasteiger partial charge in [-0.05, 0) is 52.6 Å². The average Bonchev–Trinajstić information content (AvgIpc) is 3.86. The van der Waals surface area contributed by atoms with Gasteiger partial charge in [0.05, 0.1) is 21.6 Å². The molecule has 0 bridgehead atoms. The van der Waals surface area contributed by atoms with Crippen molar-refractivity contribution in [3.8, 4) is 11.1 Å². The summed E-state index contributed by atoms with van der Waals surface area (Å²) in [6, 6.07) is 54.3. The Balaban J connectivity index is 1.29. The first-order valence-corrected chi connectivity index (χ1v) is 18.7. The largest absolute Gasteiger partial charge is 0.286 e. The van der Waals surface area contributed by atoms with Gasteiger partial charge in [0.1, 0.15) is 0 Å². The van der Waals surface area contributed by atoms with Crippen LogP contribution >= 0.6 is 22.7 Å². The molecule has 0 radical (unpaired) electrons. The molecule has 0 N–H and O–H groups in total. The van der Waals surface area contributed by atoms with Gasteiger partial charge >= 0.3 is 0 Å². The topological polar surface area (TPSA) is 17.3 Å². The van der Waals surface area contributed by atoms with Gasteiger partial charge in [-0.1, -0.05) is 146 Å². The molecule has 0 fully saturated rings. The highest BCUT2D eigenvalue weighted by molar-refractivity contribution is 7.27. The first-order valence-electron chi connectivity index (χ1n) is 17.1. The van der Waals surface area contributed by atoms with E-state index in [1.54, 1.807) is 11.3 Å². The fourth-order valence-electron chi connectivity index (χ4n) is 7.71. The summed E-state index contributed by atoms with van der Waals surface area (Å²) in [4.78, 5) is 6.75. The molecule has 0 aliphatic carbocycles. The van der Waals surface area contributed by atoms with Crippen LogP contribution in [0.25, 0.3) is 79.8 Å². The van der Waals surface area contributed by atoms with Crippen molar-refractivity contribution in [2.24, 2.45) is 4.99 Å². The molecule has 10 aromatic rings. The number of aryl methyl sites for hydroxylation is 1. The van der Waals surface area contributed by atoms with Gasteiger partial charge in [0, 0.05) is 46.6 Å². The van der Waals surface area contributed by atoms with Crippen LogP contribution in [0.1, 0.15) is 16.0 Å². The highest BCUT2D eigenvalue weighted by Gasteiger charge is 2.23. The maximum atomic E-state index is 5.60. The third-order valence-electron chi connectivity index (χ3n) is 10.1. The van der Waals surface area contributed by atoms with E-state index >= 15 is 0 Å². The maximum absolute atomic E-state index is 5.60. The van der Waals surface area contributed by atoms with E-state index in [1.165, 1.54) is 68.5 Å². The second kappa shape index (κ2) is 11.8. The summed E-state index contributed by atoms with van der Waals surface area (Å²) in [6.45, 7) is 6.50. The Labute approximate surface area is 303 Å². The minimum Gasteiger partial charge on any atom is -0.286 e. The Morgan fingerprint density at radius 3 is 1.88 bits per heavy atom. The molecule has 0 atom stereocenters. The fraction of sp³-hybridized carbons (Fsp3) is 0.0213. The van der Waals surface area contributed by atoms with Gasteiger partial charge in [-0.3, -0.25) is 4.57 Å². The Morgan fingerprint density at radius 2 is 1.16 bits per heavy atom. The summed E-state index contributed by atoms with van der Waals surface area (Å²) in [5.74, 6) is 0.672. The second-order valence-electron chi connectivity index (χ2n) is 12.9. The van der Waals surface area contributed by atoms with Crippen LogP contribution in [0.5, 0.6) is 0 Å². The molecule has 51 heavy (non-hydrogen) atoms. The zero-order chi connectivity index (χ0) is 34.1. The van der Waals surface area contributed by atoms with Crippen molar-refractivity contribution >= 4 is 97.0 Å². The Kier molecular flexibility index (Phi) is 6.90.